The maximum Gasteiger partial charge on any atom is 0.405 e. The van der Waals surface area contributed by atoms with Gasteiger partial charge in [0.15, 0.2) is 0 Å². The lowest BCUT2D eigenvalue weighted by atomic mass is 10.2. The first-order valence-corrected chi connectivity index (χ1v) is 3.75. The molecule has 5 N–H and O–H groups in total. The second-order valence-electron chi connectivity index (χ2n) is 3.09. The van der Waals surface area contributed by atoms with Crippen molar-refractivity contribution in [3.05, 3.63) is 0 Å². The molecule has 0 rings (SSSR count). The minimum Gasteiger partial charge on any atom is -0.444 e. The zero-order valence-electron chi connectivity index (χ0n) is 8.18. The first kappa shape index (κ1) is 13.8. The predicted octanol–water partition coefficient (Wildman–Crippen LogP) is 0.350. The highest BCUT2D eigenvalue weighted by Gasteiger charge is 2.12. The van der Waals surface area contributed by atoms with Crippen LogP contribution in [0.15, 0.2) is 0 Å². The lowest BCUT2D eigenvalue weighted by Crippen LogP contribution is -2.27. The van der Waals surface area contributed by atoms with Gasteiger partial charge in [-0.05, 0) is 20.8 Å². The van der Waals surface area contributed by atoms with Crippen LogP contribution in [0.2, 0.25) is 0 Å². The summed E-state index contributed by atoms with van der Waals surface area (Å²) in [6.07, 6.45) is -0.725. The Kier molecular flexibility index (Phi) is 7.88. The number of nitrogens with two attached hydrogens (primary N) is 2. The van der Waals surface area contributed by atoms with Gasteiger partial charge < -0.3 is 10.5 Å². The molecule has 0 saturated carbocycles. The Labute approximate surface area is 73.4 Å². The Morgan fingerprint density at radius 3 is 1.83 bits per heavy atom. The summed E-state index contributed by atoms with van der Waals surface area (Å²) < 4.78 is 4.58. The molecule has 0 radical (unpaired) electrons. The molecule has 5 heteroatoms. The number of primary amides is 1. The van der Waals surface area contributed by atoms with Crippen molar-refractivity contribution in [3.63, 3.8) is 0 Å². The molecule has 5 nitrogen and oxygen atoms in total. The molecule has 0 atom stereocenters. The molecule has 0 aromatic rings. The number of hydrogen-bond acceptors (Lipinski definition) is 4. The van der Waals surface area contributed by atoms with Crippen LogP contribution in [0, 0.1) is 0 Å². The van der Waals surface area contributed by atoms with Crippen molar-refractivity contribution in [2.75, 3.05) is 6.54 Å². The number of nitrogens with one attached hydrogen (secondary N) is 1. The van der Waals surface area contributed by atoms with Crippen molar-refractivity contribution in [2.45, 2.75) is 33.3 Å². The quantitative estimate of drug-likeness (QED) is 0.398. The Morgan fingerprint density at radius 2 is 1.83 bits per heavy atom. The molecule has 0 unspecified atom stereocenters. The Bertz CT molecular complexity index is 118. The average molecular weight is 177 g/mol. The van der Waals surface area contributed by atoms with E-state index in [1.54, 1.807) is 20.8 Å². The highest BCUT2D eigenvalue weighted by Crippen LogP contribution is 2.04. The predicted molar refractivity (Wildman–Crippen MR) is 48.3 cm³/mol. The normalized spacial score (nSPS) is 9.75. The first-order chi connectivity index (χ1) is 5.33. The first-order valence-electron chi connectivity index (χ1n) is 3.75. The van der Waals surface area contributed by atoms with Gasteiger partial charge in [-0.15, -0.1) is 0 Å². The molecule has 0 saturated heterocycles. The van der Waals surface area contributed by atoms with E-state index in [-0.39, 0.29) is 0 Å². The minimum absolute atomic E-state index is 0.453. The van der Waals surface area contributed by atoms with Crippen molar-refractivity contribution >= 4 is 6.09 Å². The van der Waals surface area contributed by atoms with Gasteiger partial charge in [0.2, 0.25) is 0 Å². The molecule has 0 heterocycles. The number of amides is 1. The zero-order chi connectivity index (χ0) is 10.2. The lowest BCUT2D eigenvalue weighted by molar-refractivity contribution is 0.0600. The number of ether oxygens (including phenoxy) is 1. The van der Waals surface area contributed by atoms with Gasteiger partial charge in [0.05, 0.1) is 0 Å². The van der Waals surface area contributed by atoms with Gasteiger partial charge in [0.25, 0.3) is 0 Å². The third-order valence-corrected chi connectivity index (χ3v) is 0.611. The van der Waals surface area contributed by atoms with Gasteiger partial charge in [-0.25, -0.2) is 4.79 Å². The zero-order valence-corrected chi connectivity index (χ0v) is 8.18. The fraction of sp³-hybridized carbons (Fsp3) is 0.857. The number of hydrogen-bond donors (Lipinski definition) is 3. The number of carbonyl (C=O) groups is 1. The summed E-state index contributed by atoms with van der Waals surface area (Å²) in [5.74, 6) is 4.78. The molecule has 12 heavy (non-hydrogen) atoms. The SMILES string of the molecule is CC(C)(C)OC(N)=O.CCNN. The van der Waals surface area contributed by atoms with Gasteiger partial charge in [-0.2, -0.15) is 0 Å². The minimum atomic E-state index is -0.725. The topological polar surface area (TPSA) is 90.4 Å². The highest BCUT2D eigenvalue weighted by molar-refractivity contribution is 5.65. The molecular weight excluding hydrogens is 158 g/mol. The summed E-state index contributed by atoms with van der Waals surface area (Å²) in [5, 5.41) is 0. The maximum absolute atomic E-state index is 10.0. The van der Waals surface area contributed by atoms with Crippen LogP contribution in [0.25, 0.3) is 0 Å². The third kappa shape index (κ3) is 22.9. The van der Waals surface area contributed by atoms with E-state index >= 15 is 0 Å². The summed E-state index contributed by atoms with van der Waals surface area (Å²) >= 11 is 0. The van der Waals surface area contributed by atoms with Gasteiger partial charge >= 0.3 is 6.09 Å². The molecule has 0 bridgehead atoms. The van der Waals surface area contributed by atoms with E-state index in [4.69, 9.17) is 11.6 Å². The van der Waals surface area contributed by atoms with Crippen LogP contribution in [0.5, 0.6) is 0 Å². The van der Waals surface area contributed by atoms with Gasteiger partial charge in [-0.1, -0.05) is 6.92 Å². The van der Waals surface area contributed by atoms with E-state index in [9.17, 15) is 4.79 Å². The summed E-state index contributed by atoms with van der Waals surface area (Å²) in [6.45, 7) is 8.08. The van der Waals surface area contributed by atoms with Gasteiger partial charge in [0, 0.05) is 6.54 Å². The number of hydrazine groups is 1. The van der Waals surface area contributed by atoms with Crippen LogP contribution in [-0.4, -0.2) is 18.2 Å². The average Bonchev–Trinajstić information content (AvgIpc) is 1.83. The molecular formula is C7H19N3O2. The Hall–Kier alpha value is -0.810. The second kappa shape index (κ2) is 6.87. The number of rotatable bonds is 1. The summed E-state index contributed by atoms with van der Waals surface area (Å²) in [7, 11) is 0. The van der Waals surface area contributed by atoms with Crippen LogP contribution in [0.1, 0.15) is 27.7 Å². The van der Waals surface area contributed by atoms with Gasteiger partial charge in [-0.3, -0.25) is 11.3 Å². The van der Waals surface area contributed by atoms with E-state index in [2.05, 4.69) is 10.2 Å². The standard InChI is InChI=1S/C5H11NO2.C2H8N2/c1-5(2,3)8-4(6)7;1-2-4-3/h1-3H3,(H2,6,7);4H,2-3H2,1H3. The molecule has 1 amide bonds. The Morgan fingerprint density at radius 1 is 1.50 bits per heavy atom. The molecule has 0 aromatic carbocycles. The van der Waals surface area contributed by atoms with E-state index in [0.717, 1.165) is 6.54 Å². The highest BCUT2D eigenvalue weighted by atomic mass is 16.6. The molecule has 0 fully saturated rings. The van der Waals surface area contributed by atoms with Crippen molar-refractivity contribution in [1.29, 1.82) is 0 Å². The third-order valence-electron chi connectivity index (χ3n) is 0.611. The molecule has 0 aliphatic rings. The Balaban J connectivity index is 0. The monoisotopic (exact) mass is 177 g/mol. The van der Waals surface area contributed by atoms with Crippen molar-refractivity contribution in [2.24, 2.45) is 11.6 Å². The summed E-state index contributed by atoms with van der Waals surface area (Å²) in [5.41, 5.74) is 6.70. The van der Waals surface area contributed by atoms with E-state index in [0.29, 0.717) is 0 Å². The van der Waals surface area contributed by atoms with Crippen LogP contribution < -0.4 is 17.0 Å². The molecule has 0 aliphatic heterocycles. The number of carbonyl (C=O) groups excluding carboxylic acids is 1. The lowest BCUT2D eigenvalue weighted by Gasteiger charge is -2.16. The van der Waals surface area contributed by atoms with Gasteiger partial charge in [0.1, 0.15) is 5.60 Å². The molecule has 74 valence electrons. The molecule has 0 spiro atoms. The maximum atomic E-state index is 10.0. The van der Waals surface area contributed by atoms with Crippen molar-refractivity contribution in [1.82, 2.24) is 5.43 Å². The van der Waals surface area contributed by atoms with E-state index < -0.39 is 11.7 Å². The molecule has 0 aliphatic carbocycles. The smallest absolute Gasteiger partial charge is 0.405 e. The molecule has 0 aromatic heterocycles. The fourth-order valence-electron chi connectivity index (χ4n) is 0.302. The van der Waals surface area contributed by atoms with Crippen LogP contribution in [0.4, 0.5) is 4.79 Å². The van der Waals surface area contributed by atoms with E-state index in [1.165, 1.54) is 0 Å². The van der Waals surface area contributed by atoms with Crippen molar-refractivity contribution in [3.8, 4) is 0 Å². The van der Waals surface area contributed by atoms with E-state index in [1.807, 2.05) is 6.92 Å². The summed E-state index contributed by atoms with van der Waals surface area (Å²) in [4.78, 5) is 10.0. The van der Waals surface area contributed by atoms with Crippen LogP contribution in [0.3, 0.4) is 0 Å². The summed E-state index contributed by atoms with van der Waals surface area (Å²) in [6, 6.07) is 0. The van der Waals surface area contributed by atoms with Crippen LogP contribution in [-0.2, 0) is 4.74 Å². The second-order valence-corrected chi connectivity index (χ2v) is 3.09. The van der Waals surface area contributed by atoms with Crippen LogP contribution >= 0.6 is 0 Å². The van der Waals surface area contributed by atoms with Crippen molar-refractivity contribution < 1.29 is 9.53 Å². The fourth-order valence-corrected chi connectivity index (χ4v) is 0.302. The largest absolute Gasteiger partial charge is 0.444 e.